The molecule has 1 aromatic carbocycles. The zero-order valence-corrected chi connectivity index (χ0v) is 26.4. The zero-order chi connectivity index (χ0) is 32.1. The number of hydrogen-bond acceptors (Lipinski definition) is 8. The highest BCUT2D eigenvalue weighted by Crippen LogP contribution is 2.32. The molecule has 244 valence electrons. The molecule has 14 heteroatoms. The van der Waals surface area contributed by atoms with Crippen LogP contribution in [0.1, 0.15) is 50.5 Å². The number of hydrogen-bond donors (Lipinski definition) is 1. The van der Waals surface area contributed by atoms with Crippen LogP contribution in [0.3, 0.4) is 0 Å². The molecule has 1 saturated heterocycles. The van der Waals surface area contributed by atoms with Crippen LogP contribution in [-0.2, 0) is 33.6 Å². The van der Waals surface area contributed by atoms with Gasteiger partial charge in [-0.3, -0.25) is 4.79 Å². The molecule has 1 saturated carbocycles. The molecule has 5 heterocycles. The quantitative estimate of drug-likeness (QED) is 0.294. The van der Waals surface area contributed by atoms with Crippen molar-refractivity contribution in [1.82, 2.24) is 29.0 Å². The summed E-state index contributed by atoms with van der Waals surface area (Å²) in [6.45, 7) is 2.41. The summed E-state index contributed by atoms with van der Waals surface area (Å²) in [5.74, 6) is -0.226. The fourth-order valence-corrected chi connectivity index (χ4v) is 8.65. The number of alkyl halides is 2. The highest BCUT2D eigenvalue weighted by Gasteiger charge is 2.34. The molecule has 3 aliphatic rings. The van der Waals surface area contributed by atoms with Gasteiger partial charge in [-0.1, -0.05) is 6.07 Å². The van der Waals surface area contributed by atoms with E-state index in [9.17, 15) is 22.0 Å². The van der Waals surface area contributed by atoms with E-state index in [1.165, 1.54) is 6.20 Å². The van der Waals surface area contributed by atoms with E-state index in [-0.39, 0.29) is 47.5 Å². The average Bonchev–Trinajstić information content (AvgIpc) is 3.76. The lowest BCUT2D eigenvalue weighted by Crippen LogP contribution is -2.43. The Morgan fingerprint density at radius 1 is 1.09 bits per heavy atom. The predicted molar refractivity (Wildman–Crippen MR) is 168 cm³/mol. The summed E-state index contributed by atoms with van der Waals surface area (Å²) < 4.78 is 60.9. The van der Waals surface area contributed by atoms with Gasteiger partial charge in [-0.2, -0.15) is 13.8 Å². The molecule has 1 N–H and O–H groups in total. The monoisotopic (exact) mass is 653 g/mol. The van der Waals surface area contributed by atoms with Crippen molar-refractivity contribution >= 4 is 32.6 Å². The Balaban J connectivity index is 0.958. The number of anilines is 1. The molecule has 1 unspecified atom stereocenters. The fourth-order valence-electron chi connectivity index (χ4n) is 6.81. The molecule has 7 rings (SSSR count). The number of ether oxygens (including phenoxy) is 1. The zero-order valence-electron chi connectivity index (χ0n) is 25.6. The number of rotatable bonds is 8. The van der Waals surface area contributed by atoms with Crippen LogP contribution in [0.4, 0.5) is 14.7 Å². The van der Waals surface area contributed by atoms with E-state index >= 15 is 0 Å². The van der Waals surface area contributed by atoms with Crippen LogP contribution >= 0.6 is 0 Å². The maximum Gasteiger partial charge on any atom is 0.288 e. The Morgan fingerprint density at radius 3 is 2.67 bits per heavy atom. The molecular formula is C32H37F2N7O4S. The second-order valence-electron chi connectivity index (χ2n) is 12.8. The highest BCUT2D eigenvalue weighted by molar-refractivity contribution is 7.91. The Bertz CT molecular complexity index is 1860. The second kappa shape index (κ2) is 11.9. The molecular weight excluding hydrogens is 616 g/mol. The summed E-state index contributed by atoms with van der Waals surface area (Å²) in [7, 11) is -2.96. The number of sulfone groups is 1. The Labute approximate surface area is 265 Å². The molecule has 46 heavy (non-hydrogen) atoms. The van der Waals surface area contributed by atoms with Crippen molar-refractivity contribution in [3.8, 4) is 11.6 Å². The van der Waals surface area contributed by atoms with Crippen LogP contribution in [0.25, 0.3) is 16.7 Å². The molecule has 0 bridgehead atoms. The molecule has 0 spiro atoms. The standard InChI is InChI=1S/C32H37F2N7O4S/c1-32(33,34)27-17-39-14-15-40(18-29(39)37-27)30(42)22-5-7-23(8-6-22)36-31-35-12-9-28(38-31)41-13-10-24-25(41)3-2-4-26(24)45-19-21-11-16-46(43,44)20-21/h2-4,9-10,12-13,17,21-23H,5-8,11,14-16,18-20H2,1H3,(H,35,36,38)/t21?,22-,23-. The number of imidazole rings is 1. The number of amides is 1. The van der Waals surface area contributed by atoms with E-state index in [0.717, 1.165) is 43.5 Å². The van der Waals surface area contributed by atoms with Gasteiger partial charge in [0.2, 0.25) is 11.9 Å². The van der Waals surface area contributed by atoms with Gasteiger partial charge in [-0.05, 0) is 56.4 Å². The molecule has 3 aromatic heterocycles. The summed E-state index contributed by atoms with van der Waals surface area (Å²) in [4.78, 5) is 28.4. The SMILES string of the molecule is CC(F)(F)c1cn2c(n1)CN(C(=O)[C@H]1CC[C@H](Nc3nccc(-n4ccc5c(OCC6CCS(=O)(=O)C6)cccc54)n3)CC1)CC2. The van der Waals surface area contributed by atoms with Crippen molar-refractivity contribution in [1.29, 1.82) is 0 Å². The van der Waals surface area contributed by atoms with Gasteiger partial charge in [0, 0.05) is 61.9 Å². The first-order chi connectivity index (χ1) is 22.0. The molecule has 11 nitrogen and oxygen atoms in total. The molecule has 2 fully saturated rings. The number of halogens is 2. The fraction of sp³-hybridized carbons (Fsp3) is 0.500. The normalized spacial score (nSPS) is 22.9. The van der Waals surface area contributed by atoms with Crippen molar-refractivity contribution in [2.75, 3.05) is 30.0 Å². The number of aromatic nitrogens is 5. The topological polar surface area (TPSA) is 124 Å². The summed E-state index contributed by atoms with van der Waals surface area (Å²) in [6, 6.07) is 9.73. The number of nitrogens with one attached hydrogen (secondary N) is 1. The smallest absolute Gasteiger partial charge is 0.288 e. The van der Waals surface area contributed by atoms with Crippen molar-refractivity contribution < 1.29 is 26.7 Å². The summed E-state index contributed by atoms with van der Waals surface area (Å²) >= 11 is 0. The number of nitrogens with zero attached hydrogens (tertiary/aromatic N) is 6. The van der Waals surface area contributed by atoms with Crippen molar-refractivity contribution in [3.05, 3.63) is 60.4 Å². The number of fused-ring (bicyclic) bond motifs is 2. The lowest BCUT2D eigenvalue weighted by atomic mass is 9.85. The third-order valence-corrected chi connectivity index (χ3v) is 11.2. The van der Waals surface area contributed by atoms with E-state index in [0.29, 0.717) is 49.5 Å². The maximum atomic E-state index is 13.7. The number of carbonyl (C=O) groups is 1. The molecule has 1 amide bonds. The minimum absolute atomic E-state index is 0.00796. The third kappa shape index (κ3) is 6.31. The van der Waals surface area contributed by atoms with Crippen molar-refractivity contribution in [2.45, 2.75) is 64.1 Å². The molecule has 0 radical (unpaired) electrons. The summed E-state index contributed by atoms with van der Waals surface area (Å²) in [6.07, 6.45) is 8.68. The average molecular weight is 654 g/mol. The van der Waals surface area contributed by atoms with Gasteiger partial charge in [0.05, 0.1) is 30.2 Å². The largest absolute Gasteiger partial charge is 0.493 e. The van der Waals surface area contributed by atoms with Crippen LogP contribution in [-0.4, -0.2) is 74.0 Å². The van der Waals surface area contributed by atoms with E-state index in [4.69, 9.17) is 9.72 Å². The van der Waals surface area contributed by atoms with Crippen LogP contribution < -0.4 is 10.1 Å². The van der Waals surface area contributed by atoms with E-state index in [2.05, 4.69) is 15.3 Å². The van der Waals surface area contributed by atoms with Gasteiger partial charge in [0.25, 0.3) is 5.92 Å². The van der Waals surface area contributed by atoms with E-state index in [1.54, 1.807) is 15.7 Å². The second-order valence-corrected chi connectivity index (χ2v) is 15.0. The Morgan fingerprint density at radius 2 is 1.91 bits per heavy atom. The van der Waals surface area contributed by atoms with Gasteiger partial charge < -0.3 is 24.1 Å². The Kier molecular flexibility index (Phi) is 7.94. The van der Waals surface area contributed by atoms with Gasteiger partial charge >= 0.3 is 0 Å². The Hall–Kier alpha value is -4.07. The highest BCUT2D eigenvalue weighted by atomic mass is 32.2. The number of benzene rings is 1. The summed E-state index contributed by atoms with van der Waals surface area (Å²) in [5, 5.41) is 4.37. The van der Waals surface area contributed by atoms with Crippen molar-refractivity contribution in [3.63, 3.8) is 0 Å². The van der Waals surface area contributed by atoms with Gasteiger partial charge in [-0.15, -0.1) is 0 Å². The molecule has 2 aliphatic heterocycles. The van der Waals surface area contributed by atoms with Gasteiger partial charge in [-0.25, -0.2) is 18.4 Å². The molecule has 4 aromatic rings. The lowest BCUT2D eigenvalue weighted by molar-refractivity contribution is -0.138. The van der Waals surface area contributed by atoms with Gasteiger partial charge in [0.1, 0.15) is 23.1 Å². The first kappa shape index (κ1) is 30.6. The minimum Gasteiger partial charge on any atom is -0.493 e. The van der Waals surface area contributed by atoms with Crippen LogP contribution in [0, 0.1) is 11.8 Å². The summed E-state index contributed by atoms with van der Waals surface area (Å²) in [5.41, 5.74) is 0.661. The first-order valence-electron chi connectivity index (χ1n) is 15.8. The third-order valence-electron chi connectivity index (χ3n) is 9.36. The number of carbonyl (C=O) groups excluding carboxylic acids is 1. The lowest BCUT2D eigenvalue weighted by Gasteiger charge is -2.34. The van der Waals surface area contributed by atoms with Crippen molar-refractivity contribution in [2.24, 2.45) is 11.8 Å². The van der Waals surface area contributed by atoms with Gasteiger partial charge in [0.15, 0.2) is 9.84 Å². The molecule has 1 atom stereocenters. The van der Waals surface area contributed by atoms with E-state index < -0.39 is 15.8 Å². The van der Waals surface area contributed by atoms with Crippen LogP contribution in [0.5, 0.6) is 5.75 Å². The minimum atomic E-state index is -3.01. The van der Waals surface area contributed by atoms with Crippen LogP contribution in [0.2, 0.25) is 0 Å². The van der Waals surface area contributed by atoms with Crippen LogP contribution in [0.15, 0.2) is 48.9 Å². The first-order valence-corrected chi connectivity index (χ1v) is 17.6. The predicted octanol–water partition coefficient (Wildman–Crippen LogP) is 4.56. The maximum absolute atomic E-state index is 13.7. The van der Waals surface area contributed by atoms with E-state index in [1.807, 2.05) is 41.1 Å². The molecule has 1 aliphatic carbocycles.